The topological polar surface area (TPSA) is 83.0 Å². The van der Waals surface area contributed by atoms with E-state index in [2.05, 4.69) is 20.9 Å². The monoisotopic (exact) mass is 466 g/mol. The number of carbonyl (C=O) groups excluding carboxylic acids is 2. The molecule has 3 aromatic rings. The summed E-state index contributed by atoms with van der Waals surface area (Å²) in [7, 11) is 0. The summed E-state index contributed by atoms with van der Waals surface area (Å²) in [5.41, 5.74) is 1.32. The standard InChI is InChI=1S/C19H19BrN2O5S/c1-3-25-10-9-22-13-6-5-12(18(24)26-4-2)11-15(13)28-19(22)21-17(23)14-7-8-16(20)27-14/h5-8,11H,3-4,9-10H2,1-2H3. The van der Waals surface area contributed by atoms with Crippen molar-refractivity contribution in [2.45, 2.75) is 20.4 Å². The minimum absolute atomic E-state index is 0.146. The number of benzene rings is 1. The van der Waals surface area contributed by atoms with Crippen LogP contribution in [-0.2, 0) is 16.0 Å². The van der Waals surface area contributed by atoms with Crippen LogP contribution in [0.4, 0.5) is 0 Å². The van der Waals surface area contributed by atoms with Crippen LogP contribution in [0.25, 0.3) is 10.2 Å². The van der Waals surface area contributed by atoms with E-state index in [9.17, 15) is 9.59 Å². The fourth-order valence-electron chi connectivity index (χ4n) is 2.59. The lowest BCUT2D eigenvalue weighted by Crippen LogP contribution is -2.19. The number of amides is 1. The van der Waals surface area contributed by atoms with Crippen molar-refractivity contribution < 1.29 is 23.5 Å². The summed E-state index contributed by atoms with van der Waals surface area (Å²) in [6.45, 7) is 5.60. The Bertz CT molecular complexity index is 1070. The zero-order chi connectivity index (χ0) is 20.1. The molecule has 0 saturated carbocycles. The number of aromatic nitrogens is 1. The van der Waals surface area contributed by atoms with Gasteiger partial charge in [0.2, 0.25) is 0 Å². The fourth-order valence-corrected chi connectivity index (χ4v) is 3.99. The van der Waals surface area contributed by atoms with Gasteiger partial charge in [-0.15, -0.1) is 0 Å². The van der Waals surface area contributed by atoms with Crippen molar-refractivity contribution in [2.24, 2.45) is 4.99 Å². The zero-order valence-electron chi connectivity index (χ0n) is 15.4. The Kier molecular flexibility index (Phi) is 6.82. The van der Waals surface area contributed by atoms with Crippen LogP contribution in [-0.4, -0.2) is 36.3 Å². The van der Waals surface area contributed by atoms with Crippen LogP contribution in [0.2, 0.25) is 0 Å². The summed E-state index contributed by atoms with van der Waals surface area (Å²) in [5, 5.41) is 0. The average molecular weight is 467 g/mol. The molecule has 28 heavy (non-hydrogen) atoms. The number of fused-ring (bicyclic) bond motifs is 1. The van der Waals surface area contributed by atoms with E-state index in [1.807, 2.05) is 17.6 Å². The molecule has 1 amide bonds. The van der Waals surface area contributed by atoms with Crippen molar-refractivity contribution in [2.75, 3.05) is 19.8 Å². The van der Waals surface area contributed by atoms with Gasteiger partial charge in [-0.3, -0.25) is 4.79 Å². The third kappa shape index (κ3) is 4.60. The molecule has 3 rings (SSSR count). The molecule has 0 unspecified atom stereocenters. The van der Waals surface area contributed by atoms with E-state index in [4.69, 9.17) is 13.9 Å². The summed E-state index contributed by atoms with van der Waals surface area (Å²) in [6, 6.07) is 8.49. The lowest BCUT2D eigenvalue weighted by Gasteiger charge is -2.06. The van der Waals surface area contributed by atoms with Gasteiger partial charge in [-0.1, -0.05) is 11.3 Å². The number of nitrogens with zero attached hydrogens (tertiary/aromatic N) is 2. The molecule has 0 radical (unpaired) electrons. The van der Waals surface area contributed by atoms with E-state index >= 15 is 0 Å². The Morgan fingerprint density at radius 2 is 2.04 bits per heavy atom. The maximum atomic E-state index is 12.5. The predicted molar refractivity (Wildman–Crippen MR) is 109 cm³/mol. The molecule has 0 bridgehead atoms. The normalized spacial score (nSPS) is 11.9. The third-order valence-electron chi connectivity index (χ3n) is 3.84. The smallest absolute Gasteiger partial charge is 0.338 e. The predicted octanol–water partition coefficient (Wildman–Crippen LogP) is 4.01. The van der Waals surface area contributed by atoms with E-state index < -0.39 is 5.91 Å². The van der Waals surface area contributed by atoms with Crippen molar-refractivity contribution >= 4 is 49.4 Å². The lowest BCUT2D eigenvalue weighted by atomic mass is 10.2. The van der Waals surface area contributed by atoms with Gasteiger partial charge in [0.1, 0.15) is 0 Å². The third-order valence-corrected chi connectivity index (χ3v) is 5.31. The Hall–Kier alpha value is -2.23. The second-order valence-corrected chi connectivity index (χ2v) is 7.45. The molecule has 2 heterocycles. The summed E-state index contributed by atoms with van der Waals surface area (Å²) < 4.78 is 19.0. The van der Waals surface area contributed by atoms with Crippen LogP contribution in [0.3, 0.4) is 0 Å². The van der Waals surface area contributed by atoms with Crippen LogP contribution in [0, 0.1) is 0 Å². The minimum atomic E-state index is -0.479. The Labute approximate surface area is 173 Å². The SMILES string of the molecule is CCOCCn1c(=NC(=O)c2ccc(Br)o2)sc2cc(C(=O)OCC)ccc21. The summed E-state index contributed by atoms with van der Waals surface area (Å²) in [4.78, 5) is 29.2. The highest BCUT2D eigenvalue weighted by Gasteiger charge is 2.14. The number of ether oxygens (including phenoxy) is 2. The van der Waals surface area contributed by atoms with Crippen LogP contribution in [0.1, 0.15) is 34.8 Å². The van der Waals surface area contributed by atoms with Crippen molar-refractivity contribution in [3.05, 3.63) is 51.1 Å². The highest BCUT2D eigenvalue weighted by atomic mass is 79.9. The van der Waals surface area contributed by atoms with Gasteiger partial charge in [0, 0.05) is 13.2 Å². The van der Waals surface area contributed by atoms with Crippen LogP contribution < -0.4 is 4.80 Å². The van der Waals surface area contributed by atoms with Gasteiger partial charge < -0.3 is 18.5 Å². The molecule has 7 nitrogen and oxygen atoms in total. The van der Waals surface area contributed by atoms with E-state index in [1.165, 1.54) is 11.3 Å². The molecular formula is C19H19BrN2O5S. The maximum Gasteiger partial charge on any atom is 0.338 e. The first-order chi connectivity index (χ1) is 13.5. The van der Waals surface area contributed by atoms with Gasteiger partial charge in [-0.25, -0.2) is 4.79 Å². The number of hydrogen-bond donors (Lipinski definition) is 0. The van der Waals surface area contributed by atoms with Gasteiger partial charge in [0.25, 0.3) is 0 Å². The average Bonchev–Trinajstić information content (AvgIpc) is 3.25. The molecule has 0 N–H and O–H groups in total. The first kappa shape index (κ1) is 20.5. The number of furan rings is 1. The molecule has 0 saturated heterocycles. The second-order valence-electron chi connectivity index (χ2n) is 5.66. The molecule has 9 heteroatoms. The van der Waals surface area contributed by atoms with Gasteiger partial charge in [0.05, 0.1) is 29.0 Å². The molecule has 148 valence electrons. The van der Waals surface area contributed by atoms with Crippen LogP contribution in [0.15, 0.2) is 44.4 Å². The van der Waals surface area contributed by atoms with E-state index in [1.54, 1.807) is 31.2 Å². The van der Waals surface area contributed by atoms with Crippen molar-refractivity contribution in [3.63, 3.8) is 0 Å². The minimum Gasteiger partial charge on any atom is -0.462 e. The molecule has 0 aliphatic carbocycles. The van der Waals surface area contributed by atoms with E-state index in [0.717, 1.165) is 10.2 Å². The van der Waals surface area contributed by atoms with Crippen LogP contribution in [0.5, 0.6) is 0 Å². The number of halogens is 1. The van der Waals surface area contributed by atoms with Gasteiger partial charge in [0.15, 0.2) is 15.2 Å². The molecule has 0 aliphatic heterocycles. The highest BCUT2D eigenvalue weighted by molar-refractivity contribution is 9.10. The van der Waals surface area contributed by atoms with Crippen LogP contribution >= 0.6 is 27.3 Å². The number of carbonyl (C=O) groups is 2. The Morgan fingerprint density at radius 1 is 1.21 bits per heavy atom. The first-order valence-electron chi connectivity index (χ1n) is 8.76. The number of thiazole rings is 1. The molecule has 0 fully saturated rings. The van der Waals surface area contributed by atoms with Gasteiger partial charge in [-0.05, 0) is 60.1 Å². The lowest BCUT2D eigenvalue weighted by molar-refractivity contribution is 0.0526. The van der Waals surface area contributed by atoms with E-state index in [0.29, 0.717) is 41.4 Å². The molecular weight excluding hydrogens is 448 g/mol. The summed E-state index contributed by atoms with van der Waals surface area (Å²) in [5.74, 6) is -0.713. The van der Waals surface area contributed by atoms with E-state index in [-0.39, 0.29) is 11.7 Å². The first-order valence-corrected chi connectivity index (χ1v) is 10.4. The van der Waals surface area contributed by atoms with Gasteiger partial charge in [-0.2, -0.15) is 4.99 Å². The Balaban J connectivity index is 2.05. The van der Waals surface area contributed by atoms with Crippen molar-refractivity contribution in [1.82, 2.24) is 4.57 Å². The quantitative estimate of drug-likeness (QED) is 0.387. The summed E-state index contributed by atoms with van der Waals surface area (Å²) in [6.07, 6.45) is 0. The zero-order valence-corrected chi connectivity index (χ0v) is 17.8. The number of rotatable bonds is 7. The number of esters is 1. The largest absolute Gasteiger partial charge is 0.462 e. The van der Waals surface area contributed by atoms with Crippen molar-refractivity contribution in [3.8, 4) is 0 Å². The molecule has 0 atom stereocenters. The molecule has 2 aromatic heterocycles. The highest BCUT2D eigenvalue weighted by Crippen LogP contribution is 2.21. The van der Waals surface area contributed by atoms with Crippen molar-refractivity contribution in [1.29, 1.82) is 0 Å². The number of hydrogen-bond acceptors (Lipinski definition) is 6. The molecule has 0 spiro atoms. The molecule has 0 aliphatic rings. The maximum absolute atomic E-state index is 12.5. The summed E-state index contributed by atoms with van der Waals surface area (Å²) >= 11 is 4.50. The molecule has 1 aromatic carbocycles. The van der Waals surface area contributed by atoms with Gasteiger partial charge >= 0.3 is 11.9 Å². The Morgan fingerprint density at radius 3 is 2.71 bits per heavy atom. The fraction of sp³-hybridized carbons (Fsp3) is 0.316. The second kappa shape index (κ2) is 9.31.